The minimum atomic E-state index is -0.0377. The first-order valence-electron chi connectivity index (χ1n) is 10.0. The molecule has 2 aliphatic heterocycles. The molecule has 4 heterocycles. The van der Waals surface area contributed by atoms with Crippen LogP contribution in [-0.4, -0.2) is 4.57 Å². The van der Waals surface area contributed by atoms with Gasteiger partial charge in [0.05, 0.1) is 11.6 Å². The van der Waals surface area contributed by atoms with E-state index in [4.69, 9.17) is 0 Å². The molecule has 2 aromatic heterocycles. The van der Waals surface area contributed by atoms with Crippen molar-refractivity contribution < 1.29 is 0 Å². The molecule has 0 saturated heterocycles. The van der Waals surface area contributed by atoms with Gasteiger partial charge in [-0.2, -0.15) is 0 Å². The maximum Gasteiger partial charge on any atom is 0.103 e. The van der Waals surface area contributed by atoms with E-state index in [9.17, 15) is 0 Å². The van der Waals surface area contributed by atoms with Gasteiger partial charge < -0.3 is 9.47 Å². The third-order valence-corrected chi connectivity index (χ3v) is 9.87. The van der Waals surface area contributed by atoms with Crippen molar-refractivity contribution >= 4 is 27.2 Å². The van der Waals surface area contributed by atoms with Crippen LogP contribution in [0.2, 0.25) is 0 Å². The molecule has 0 aliphatic carbocycles. The number of benzene rings is 1. The highest BCUT2D eigenvalue weighted by Gasteiger charge is 2.64. The van der Waals surface area contributed by atoms with Crippen LogP contribution < -0.4 is 4.90 Å². The molecular formula is C24H30N2S. The normalized spacial score (nSPS) is 27.6. The van der Waals surface area contributed by atoms with Gasteiger partial charge in [0.2, 0.25) is 0 Å². The summed E-state index contributed by atoms with van der Waals surface area (Å²) in [4.78, 5) is 5.73. The first kappa shape index (κ1) is 17.4. The first-order valence-corrected chi connectivity index (χ1v) is 10.8. The Morgan fingerprint density at radius 2 is 1.74 bits per heavy atom. The second-order valence-electron chi connectivity index (χ2n) is 9.83. The Balaban J connectivity index is 1.94. The van der Waals surface area contributed by atoms with Crippen LogP contribution in [0, 0.1) is 12.3 Å². The first-order chi connectivity index (χ1) is 12.5. The van der Waals surface area contributed by atoms with E-state index in [2.05, 4.69) is 95.4 Å². The largest absolute Gasteiger partial charge is 0.353 e. The van der Waals surface area contributed by atoms with Crippen LogP contribution in [0.5, 0.6) is 0 Å². The van der Waals surface area contributed by atoms with Gasteiger partial charge in [-0.1, -0.05) is 45.9 Å². The lowest BCUT2D eigenvalue weighted by Gasteiger charge is -2.62. The number of para-hydroxylation sites is 1. The Labute approximate surface area is 166 Å². The van der Waals surface area contributed by atoms with Crippen molar-refractivity contribution in [1.29, 1.82) is 0 Å². The van der Waals surface area contributed by atoms with Crippen LogP contribution in [0.1, 0.15) is 69.2 Å². The molecule has 5 rings (SSSR count). The van der Waals surface area contributed by atoms with Crippen molar-refractivity contribution in [2.24, 2.45) is 12.5 Å². The summed E-state index contributed by atoms with van der Waals surface area (Å²) < 4.78 is 2.29. The van der Waals surface area contributed by atoms with Crippen molar-refractivity contribution in [3.8, 4) is 0 Å². The number of hydrogen-bond acceptors (Lipinski definition) is 2. The lowest BCUT2D eigenvalue weighted by molar-refractivity contribution is 0.0660. The maximum absolute atomic E-state index is 2.76. The number of thiophene rings is 1. The lowest BCUT2D eigenvalue weighted by atomic mass is 9.51. The van der Waals surface area contributed by atoms with Gasteiger partial charge in [0.15, 0.2) is 0 Å². The molecule has 0 radical (unpaired) electrons. The number of hydrogen-bond donors (Lipinski definition) is 0. The molecule has 3 heteroatoms. The van der Waals surface area contributed by atoms with Crippen LogP contribution in [0.25, 0.3) is 10.2 Å². The van der Waals surface area contributed by atoms with Gasteiger partial charge >= 0.3 is 0 Å². The smallest absolute Gasteiger partial charge is 0.103 e. The van der Waals surface area contributed by atoms with Crippen molar-refractivity contribution in [3.63, 3.8) is 0 Å². The molecule has 0 N–H and O–H groups in total. The van der Waals surface area contributed by atoms with Gasteiger partial charge in [-0.05, 0) is 43.4 Å². The molecule has 1 aromatic carbocycles. The number of anilines is 1. The van der Waals surface area contributed by atoms with Gasteiger partial charge in [-0.3, -0.25) is 0 Å². The number of aromatic nitrogens is 1. The number of nitrogens with zero attached hydrogens (tertiary/aromatic N) is 2. The van der Waals surface area contributed by atoms with Crippen molar-refractivity contribution in [2.75, 3.05) is 4.90 Å². The van der Waals surface area contributed by atoms with Crippen molar-refractivity contribution in [3.05, 3.63) is 52.0 Å². The molecule has 3 aromatic rings. The van der Waals surface area contributed by atoms with E-state index < -0.39 is 0 Å². The summed E-state index contributed by atoms with van der Waals surface area (Å²) in [6.45, 7) is 17.1. The molecule has 2 atom stereocenters. The Kier molecular flexibility index (Phi) is 3.09. The van der Waals surface area contributed by atoms with E-state index in [1.165, 1.54) is 27.0 Å². The number of rotatable bonds is 0. The van der Waals surface area contributed by atoms with Crippen molar-refractivity contribution in [2.45, 2.75) is 65.5 Å². The highest BCUT2D eigenvalue weighted by molar-refractivity contribution is 7.19. The fraction of sp³-hybridized carbons (Fsp3) is 0.500. The molecular weight excluding hydrogens is 348 g/mol. The summed E-state index contributed by atoms with van der Waals surface area (Å²) in [6, 6.07) is 9.62. The zero-order valence-electron chi connectivity index (χ0n) is 17.8. The molecule has 1 unspecified atom stereocenters. The van der Waals surface area contributed by atoms with Crippen LogP contribution in [0.3, 0.4) is 0 Å². The van der Waals surface area contributed by atoms with Crippen LogP contribution in [0.4, 0.5) is 5.69 Å². The minimum Gasteiger partial charge on any atom is -0.353 e. The summed E-state index contributed by atoms with van der Waals surface area (Å²) >= 11 is 2.00. The van der Waals surface area contributed by atoms with Gasteiger partial charge in [0.25, 0.3) is 0 Å². The van der Waals surface area contributed by atoms with E-state index in [0.29, 0.717) is 6.04 Å². The van der Waals surface area contributed by atoms with Crippen LogP contribution in [0.15, 0.2) is 30.5 Å². The molecule has 0 saturated carbocycles. The Bertz CT molecular complexity index is 1100. The second kappa shape index (κ2) is 4.81. The highest BCUT2D eigenvalue weighted by atomic mass is 32.1. The molecule has 0 spiro atoms. The van der Waals surface area contributed by atoms with E-state index in [1.54, 1.807) is 10.4 Å². The molecule has 0 bridgehead atoms. The quantitative estimate of drug-likeness (QED) is 0.424. The van der Waals surface area contributed by atoms with E-state index in [1.807, 2.05) is 11.3 Å². The van der Waals surface area contributed by atoms with Crippen LogP contribution in [-0.2, 0) is 18.0 Å². The minimum absolute atomic E-state index is 0.0377. The second-order valence-corrected chi connectivity index (χ2v) is 10.9. The van der Waals surface area contributed by atoms with E-state index >= 15 is 0 Å². The molecule has 2 aliphatic rings. The number of fused-ring (bicyclic) bond motifs is 7. The van der Waals surface area contributed by atoms with Gasteiger partial charge in [-0.25, -0.2) is 0 Å². The predicted molar refractivity (Wildman–Crippen MR) is 117 cm³/mol. The average Bonchev–Trinajstić information content (AvgIpc) is 3.20. The molecule has 2 nitrogen and oxygen atoms in total. The average molecular weight is 379 g/mol. The van der Waals surface area contributed by atoms with Gasteiger partial charge in [-0.15, -0.1) is 11.3 Å². The fourth-order valence-corrected chi connectivity index (χ4v) is 7.38. The summed E-state index contributed by atoms with van der Waals surface area (Å²) in [5.41, 5.74) is 6.04. The van der Waals surface area contributed by atoms with Crippen molar-refractivity contribution in [1.82, 2.24) is 4.57 Å². The fourth-order valence-electron chi connectivity index (χ4n) is 6.00. The zero-order valence-corrected chi connectivity index (χ0v) is 18.6. The summed E-state index contributed by atoms with van der Waals surface area (Å²) in [5.74, 6) is 0. The summed E-state index contributed by atoms with van der Waals surface area (Å²) in [6.07, 6.45) is 2.22. The topological polar surface area (TPSA) is 8.17 Å². The third kappa shape index (κ3) is 1.65. The van der Waals surface area contributed by atoms with E-state index in [0.717, 1.165) is 0 Å². The Morgan fingerprint density at radius 3 is 2.44 bits per heavy atom. The van der Waals surface area contributed by atoms with Gasteiger partial charge in [0, 0.05) is 40.2 Å². The molecule has 0 fully saturated rings. The maximum atomic E-state index is 2.76. The third-order valence-electron chi connectivity index (χ3n) is 8.40. The van der Waals surface area contributed by atoms with E-state index in [-0.39, 0.29) is 16.4 Å². The lowest BCUT2D eigenvalue weighted by Crippen LogP contribution is -2.62. The van der Waals surface area contributed by atoms with Gasteiger partial charge in [0.1, 0.15) is 4.83 Å². The Morgan fingerprint density at radius 1 is 1.04 bits per heavy atom. The summed E-state index contributed by atoms with van der Waals surface area (Å²) in [7, 11) is 2.17. The monoisotopic (exact) mass is 378 g/mol. The zero-order chi connectivity index (χ0) is 19.5. The summed E-state index contributed by atoms with van der Waals surface area (Å²) in [5, 5.41) is 1.45. The highest BCUT2D eigenvalue weighted by Crippen LogP contribution is 2.69. The van der Waals surface area contributed by atoms with Crippen LogP contribution >= 0.6 is 11.3 Å². The molecule has 142 valence electrons. The number of aryl methyl sites for hydroxylation is 2. The Hall–Kier alpha value is -1.74. The predicted octanol–water partition coefficient (Wildman–Crippen LogP) is 6.66. The standard InChI is InChI=1S/C24H30N2S/c1-14-10-9-11-17-19(14)26-15(2)20-18(16-12-13-25(8)21(16)27-20)24(26,7)23(5,6)22(17,3)4/h9-13,15H,1-8H3/t15-,24?/m0/s1. The SMILES string of the molecule is Cc1cccc2c1N1[C@@H](C)c3sc4c(ccn4C)c3C1(C)C(C)(C)C2(C)C. The molecule has 0 amide bonds. The molecule has 27 heavy (non-hydrogen) atoms.